The molecular weight excluding hydrogens is 2110 g/mol. The number of fused-ring (bicyclic) bond motifs is 13. The summed E-state index contributed by atoms with van der Waals surface area (Å²) in [6.07, 6.45) is 21.2. The van der Waals surface area contributed by atoms with Crippen molar-refractivity contribution in [1.29, 1.82) is 5.41 Å². The van der Waals surface area contributed by atoms with Gasteiger partial charge in [-0.3, -0.25) is 53.9 Å². The largest absolute Gasteiger partial charge is 0.383 e. The number of guanidine groups is 1. The Morgan fingerprint density at radius 3 is 1.25 bits per heavy atom. The van der Waals surface area contributed by atoms with E-state index < -0.39 is 0 Å². The highest BCUT2D eigenvalue weighted by molar-refractivity contribution is 14.1. The molecule has 135 heavy (non-hydrogen) atoms. The first-order valence-electron chi connectivity index (χ1n) is 41.5. The maximum absolute atomic E-state index is 12.4. The number of aromatic nitrogens is 10. The first kappa shape index (κ1) is 107. The van der Waals surface area contributed by atoms with E-state index in [1.165, 1.54) is 0 Å². The fourth-order valence-electron chi connectivity index (χ4n) is 13.4. The maximum atomic E-state index is 12.4. The van der Waals surface area contributed by atoms with Crippen molar-refractivity contribution in [2.75, 3.05) is 146 Å². The Hall–Kier alpha value is -11.9. The monoisotopic (exact) mass is 2210 g/mol. The molecule has 5 amide bonds. The Morgan fingerprint density at radius 1 is 0.496 bits per heavy atom. The number of amides is 5. The van der Waals surface area contributed by atoms with Gasteiger partial charge in [-0.25, -0.2) is 39.9 Å². The molecule has 17 N–H and O–H groups in total. The molecule has 5 aliphatic rings. The number of hydrogen-bond donors (Lipinski definition) is 12. The number of terminal acetylenes is 1. The summed E-state index contributed by atoms with van der Waals surface area (Å²) in [7, 11) is 19.6. The number of benzene rings is 5. The van der Waals surface area contributed by atoms with Crippen LogP contribution >= 0.6 is 119 Å². The summed E-state index contributed by atoms with van der Waals surface area (Å²) in [5.74, 6) is 8.43. The molecule has 0 radical (unpaired) electrons. The SMILES string of the molecule is C#CCN(C)C.CN(C)/C=C1\CC(=O)Nc2cc(Cl)c(I)cc2C1=O.CN(C)CC#Cc1cc2c(cc1Cl)NC(=O)Cc1cnc(N)nc1-2.CN(C)CCCc1cc2c(cc1Cl)NC(=O)Cc1cnc(N)nc1-2.Cc1ncccc1Br.Cc1ncccc1Nc1ncc2c(n1)-c1cc(CCCN(C)C)c(Cl)cc1NC(=O)C2.N=C(N)N.Nc1ncc2c(n1)-c1cc(I)c(Cl)cc1NC(=O)C2.[HH]. The zero-order chi connectivity index (χ0) is 98.8. The van der Waals surface area contributed by atoms with Crippen LogP contribution in [-0.4, -0.2) is 212 Å². The Morgan fingerprint density at radius 2 is 0.867 bits per heavy atom. The Kier molecular flexibility index (Phi) is 40.0. The molecular formula is C94H103BrCl5I2N27O6. The van der Waals surface area contributed by atoms with Crippen LogP contribution in [0, 0.1) is 50.6 Å². The quantitative estimate of drug-likeness (QED) is 0.0168. The molecule has 5 aliphatic heterocycles. The van der Waals surface area contributed by atoms with Gasteiger partial charge < -0.3 is 75.3 Å². The number of ketones is 1. The Balaban J connectivity index is 0.000000201. The number of anilines is 10. The minimum atomic E-state index is -0.333. The van der Waals surface area contributed by atoms with Gasteiger partial charge in [0.1, 0.15) is 0 Å². The van der Waals surface area contributed by atoms with Crippen LogP contribution in [0.3, 0.4) is 0 Å². The van der Waals surface area contributed by atoms with Gasteiger partial charge in [-0.1, -0.05) is 75.8 Å². The number of nitrogens with one attached hydrogen (secondary N) is 7. The van der Waals surface area contributed by atoms with Gasteiger partial charge in [0.25, 0.3) is 0 Å². The molecule has 33 nitrogen and oxygen atoms in total. The molecule has 0 saturated heterocycles. The second kappa shape index (κ2) is 50.6. The average molecular weight is 2220 g/mol. The van der Waals surface area contributed by atoms with Gasteiger partial charge in [0.15, 0.2) is 11.7 Å². The number of aryl methyl sites for hydroxylation is 4. The summed E-state index contributed by atoms with van der Waals surface area (Å²) in [6.45, 7) is 7.20. The third-order valence-corrected chi connectivity index (χ3v) is 24.4. The maximum Gasteiger partial charge on any atom is 0.229 e. The topological polar surface area (TPSA) is 474 Å². The third-order valence-electron chi connectivity index (χ3n) is 19.5. The molecule has 0 aliphatic carbocycles. The van der Waals surface area contributed by atoms with Crippen molar-refractivity contribution in [3.05, 3.63) is 227 Å². The van der Waals surface area contributed by atoms with Gasteiger partial charge in [-0.2, -0.15) is 0 Å². The number of Topliss-reactive ketones (excluding diaryl/α,β-unsaturated/α-hetero) is 1. The van der Waals surface area contributed by atoms with Crippen molar-refractivity contribution in [1.82, 2.24) is 74.3 Å². The van der Waals surface area contributed by atoms with Crippen LogP contribution < -0.4 is 60.6 Å². The zero-order valence-electron chi connectivity index (χ0n) is 76.0. The lowest BCUT2D eigenvalue weighted by Gasteiger charge is -2.15. The number of rotatable bonds is 13. The summed E-state index contributed by atoms with van der Waals surface area (Å²) < 4.78 is 2.74. The smallest absolute Gasteiger partial charge is 0.229 e. The first-order valence-corrected chi connectivity index (χ1v) is 46.3. The van der Waals surface area contributed by atoms with E-state index >= 15 is 0 Å². The number of nitrogen functional groups attached to an aromatic ring is 3. The van der Waals surface area contributed by atoms with E-state index in [1.807, 2.05) is 135 Å². The number of halogens is 8. The molecule has 0 fully saturated rings. The highest BCUT2D eigenvalue weighted by atomic mass is 127. The number of nitrogens with zero attached hydrogens (tertiary/aromatic N) is 15. The van der Waals surface area contributed by atoms with Crippen molar-refractivity contribution < 1.29 is 30.2 Å². The molecule has 0 spiro atoms. The molecule has 16 rings (SSSR count). The summed E-state index contributed by atoms with van der Waals surface area (Å²) in [5, 5.41) is 26.4. The summed E-state index contributed by atoms with van der Waals surface area (Å²) >= 11 is 38.9. The van der Waals surface area contributed by atoms with Crippen LogP contribution in [0.5, 0.6) is 0 Å². The summed E-state index contributed by atoms with van der Waals surface area (Å²) in [6, 6.07) is 25.8. The van der Waals surface area contributed by atoms with Gasteiger partial charge >= 0.3 is 0 Å². The van der Waals surface area contributed by atoms with E-state index in [1.54, 1.807) is 78.6 Å². The Bertz CT molecular complexity index is 6410. The van der Waals surface area contributed by atoms with Crippen LogP contribution in [0.15, 0.2) is 138 Å². The highest BCUT2D eigenvalue weighted by Gasteiger charge is 2.30. The molecule has 11 heterocycles. The number of pyridine rings is 2. The van der Waals surface area contributed by atoms with Crippen LogP contribution in [0.25, 0.3) is 45.0 Å². The van der Waals surface area contributed by atoms with Gasteiger partial charge in [0.05, 0.1) is 129 Å². The van der Waals surface area contributed by atoms with E-state index in [0.29, 0.717) is 99.8 Å². The van der Waals surface area contributed by atoms with Gasteiger partial charge in [-0.05, 0) is 266 Å². The van der Waals surface area contributed by atoms with E-state index in [9.17, 15) is 28.8 Å². The van der Waals surface area contributed by atoms with E-state index in [-0.39, 0.29) is 92.7 Å². The van der Waals surface area contributed by atoms with Crippen molar-refractivity contribution in [3.8, 4) is 69.2 Å². The van der Waals surface area contributed by atoms with Gasteiger partial charge in [0, 0.05) is 142 Å². The lowest BCUT2D eigenvalue weighted by atomic mass is 10.00. The predicted molar refractivity (Wildman–Crippen MR) is 562 cm³/mol. The minimum absolute atomic E-state index is 0. The van der Waals surface area contributed by atoms with Crippen LogP contribution in [0.1, 0.15) is 81.4 Å². The minimum Gasteiger partial charge on any atom is -0.383 e. The lowest BCUT2D eigenvalue weighted by Crippen LogP contribution is -2.20. The standard InChI is InChI=1S/C23H25ClN6O.C17H20ClN5O.C17H16ClN5O.C13H12ClIN2O2.C12H8ClIN4O.C6H6BrN.C5H9N.CH5N3.H2/c1-14-19(7-4-8-25-14)28-23-26-13-16-11-21(31)27-20-12-18(24)15(6-5-9-30(2)3)10-17(20)22(16)29-23;2*1-23(2)5-3-4-10-6-12-14(8-13(10)18)21-15(24)7-11-9-20-17(19)22-16(11)12;1-17(2)6-7-3-12(18)16-11-5-9(14)10(15)4-8(11)13(7)19;13-7-3-9-6(2-8(7)14)11-5(1-10(19)17-9)4-16-12(15)18-11;1-5-6(7)3-2-4-8-5;1-4-5-6(2)3;2-1(3)4;/h4,7-8,10,12-13H,5-6,9,11H2,1-3H3,(H,27,31)(H,26,28,29);6,8-9H,3-5,7H2,1-2H3,(H,21,24)(H2,19,20,22);6,8-9H,5,7H2,1-2H3,(H,21,24)(H2,19,20,22);4-6H,3H2,1-2H3,(H,16,18);2-4H,1H2,(H,17,19)(H2,15,16,18);2-4H,1H3;1H,5H2,2-3H3;(H5,2,3,4);1H/b;;;7-6+;;;;;. The van der Waals surface area contributed by atoms with Gasteiger partial charge in [-0.15, -0.1) is 6.42 Å². The second-order valence-electron chi connectivity index (χ2n) is 32.0. The fraction of sp³-hybridized carbons (Fsp3) is 0.266. The summed E-state index contributed by atoms with van der Waals surface area (Å²) in [4.78, 5) is 125. The predicted octanol–water partition coefficient (Wildman–Crippen LogP) is 15.2. The number of hydrogen-bond acceptors (Lipinski definition) is 26. The highest BCUT2D eigenvalue weighted by Crippen LogP contribution is 2.43. The molecule has 0 atom stereocenters. The zero-order valence-corrected chi connectivity index (χ0v) is 85.6. The third kappa shape index (κ3) is 31.9. The number of carbonyl (C=O) groups excluding carboxylic acids is 6. The number of carbonyl (C=O) groups is 6. The first-order chi connectivity index (χ1) is 64.0. The van der Waals surface area contributed by atoms with Crippen molar-refractivity contribution in [2.24, 2.45) is 11.5 Å². The molecule has 0 saturated carbocycles. The average Bonchev–Trinajstić information content (AvgIpc) is 2.24. The molecule has 0 unspecified atom stereocenters. The normalized spacial score (nSPS) is 12.9. The van der Waals surface area contributed by atoms with Crippen molar-refractivity contribution in [3.63, 3.8) is 0 Å². The molecule has 41 heteroatoms. The van der Waals surface area contributed by atoms with Crippen molar-refractivity contribution >= 4 is 218 Å². The lowest BCUT2D eigenvalue weighted by molar-refractivity contribution is -0.116. The van der Waals surface area contributed by atoms with Crippen LogP contribution in [0.4, 0.5) is 57.9 Å². The van der Waals surface area contributed by atoms with E-state index in [0.717, 1.165) is 135 Å². The van der Waals surface area contributed by atoms with Crippen LogP contribution in [-0.2, 0) is 62.5 Å². The summed E-state index contributed by atoms with van der Waals surface area (Å²) in [5.41, 5.74) is 44.5. The number of nitrogens with two attached hydrogens (primary N) is 5. The molecule has 5 aromatic carbocycles. The fourth-order valence-corrected chi connectivity index (χ4v) is 15.6. The van der Waals surface area contributed by atoms with E-state index in [2.05, 4.69) is 191 Å². The van der Waals surface area contributed by atoms with E-state index in [4.69, 9.17) is 92.0 Å². The molecule has 706 valence electrons. The molecule has 6 aromatic heterocycles. The van der Waals surface area contributed by atoms with Crippen LogP contribution in [0.2, 0.25) is 25.1 Å². The van der Waals surface area contributed by atoms with Gasteiger partial charge in [0.2, 0.25) is 53.3 Å². The molecule has 0 bridgehead atoms. The Labute approximate surface area is 845 Å². The van der Waals surface area contributed by atoms with Crippen molar-refractivity contribution in [2.45, 2.75) is 71.6 Å². The molecule has 11 aromatic rings. The second-order valence-corrected chi connectivity index (χ2v) is 37.2.